The standard InChI is InChI=1S/C15H31N3/c1-4-5-15(12-16-14-6-7-14)18-10-8-17(9-11-18)13(2)3/h13-16H,4-12H2,1-3H3. The molecule has 0 aromatic carbocycles. The predicted octanol–water partition coefficient (Wildman–Crippen LogP) is 1.93. The third-order valence-corrected chi connectivity index (χ3v) is 4.44. The highest BCUT2D eigenvalue weighted by Crippen LogP contribution is 2.19. The van der Waals surface area contributed by atoms with E-state index in [0.29, 0.717) is 6.04 Å². The summed E-state index contributed by atoms with van der Waals surface area (Å²) in [6.07, 6.45) is 5.46. The van der Waals surface area contributed by atoms with Crippen LogP contribution in [0, 0.1) is 0 Å². The lowest BCUT2D eigenvalue weighted by atomic mass is 10.1. The fourth-order valence-corrected chi connectivity index (χ4v) is 2.96. The van der Waals surface area contributed by atoms with Crippen molar-refractivity contribution in [3.05, 3.63) is 0 Å². The van der Waals surface area contributed by atoms with Crippen molar-refractivity contribution in [3.63, 3.8) is 0 Å². The maximum Gasteiger partial charge on any atom is 0.0221 e. The molecule has 1 saturated heterocycles. The van der Waals surface area contributed by atoms with Crippen LogP contribution >= 0.6 is 0 Å². The normalized spacial score (nSPS) is 24.7. The Kier molecular flexibility index (Phi) is 5.46. The van der Waals surface area contributed by atoms with Crippen LogP contribution in [0.4, 0.5) is 0 Å². The highest BCUT2D eigenvalue weighted by Gasteiger charge is 2.26. The van der Waals surface area contributed by atoms with Crippen LogP contribution in [0.1, 0.15) is 46.5 Å². The van der Waals surface area contributed by atoms with Gasteiger partial charge in [-0.25, -0.2) is 0 Å². The molecule has 0 aromatic rings. The zero-order chi connectivity index (χ0) is 13.0. The van der Waals surface area contributed by atoms with Gasteiger partial charge in [0, 0.05) is 50.8 Å². The number of piperazine rings is 1. The van der Waals surface area contributed by atoms with E-state index in [4.69, 9.17) is 0 Å². The van der Waals surface area contributed by atoms with Crippen molar-refractivity contribution < 1.29 is 0 Å². The molecule has 1 N–H and O–H groups in total. The SMILES string of the molecule is CCCC(CNC1CC1)N1CCN(C(C)C)CC1. The molecule has 3 nitrogen and oxygen atoms in total. The maximum absolute atomic E-state index is 3.72. The molecule has 1 aliphatic heterocycles. The molecule has 2 aliphatic rings. The van der Waals surface area contributed by atoms with E-state index < -0.39 is 0 Å². The fourth-order valence-electron chi connectivity index (χ4n) is 2.96. The largest absolute Gasteiger partial charge is 0.312 e. The summed E-state index contributed by atoms with van der Waals surface area (Å²) in [6.45, 7) is 13.2. The van der Waals surface area contributed by atoms with Crippen LogP contribution in [0.2, 0.25) is 0 Å². The Hall–Kier alpha value is -0.120. The summed E-state index contributed by atoms with van der Waals surface area (Å²) in [4.78, 5) is 5.32. The molecule has 0 bridgehead atoms. The van der Waals surface area contributed by atoms with Crippen molar-refractivity contribution in [1.29, 1.82) is 0 Å². The van der Waals surface area contributed by atoms with Crippen LogP contribution in [-0.2, 0) is 0 Å². The van der Waals surface area contributed by atoms with Gasteiger partial charge in [-0.2, -0.15) is 0 Å². The molecule has 3 heteroatoms. The summed E-state index contributed by atoms with van der Waals surface area (Å²) >= 11 is 0. The fraction of sp³-hybridized carbons (Fsp3) is 1.00. The monoisotopic (exact) mass is 253 g/mol. The molecule has 2 fully saturated rings. The number of nitrogens with zero attached hydrogens (tertiary/aromatic N) is 2. The lowest BCUT2D eigenvalue weighted by molar-refractivity contribution is 0.0742. The van der Waals surface area contributed by atoms with Crippen LogP contribution in [0.3, 0.4) is 0 Å². The number of hydrogen-bond donors (Lipinski definition) is 1. The number of nitrogens with one attached hydrogen (secondary N) is 1. The predicted molar refractivity (Wildman–Crippen MR) is 78.0 cm³/mol. The van der Waals surface area contributed by atoms with Gasteiger partial charge in [0.05, 0.1) is 0 Å². The molecule has 1 heterocycles. The van der Waals surface area contributed by atoms with Crippen LogP contribution in [0.25, 0.3) is 0 Å². The van der Waals surface area contributed by atoms with E-state index in [9.17, 15) is 0 Å². The smallest absolute Gasteiger partial charge is 0.0221 e. The number of rotatable bonds is 7. The molecule has 1 aliphatic carbocycles. The highest BCUT2D eigenvalue weighted by atomic mass is 15.3. The zero-order valence-electron chi connectivity index (χ0n) is 12.5. The van der Waals surface area contributed by atoms with E-state index >= 15 is 0 Å². The third kappa shape index (κ3) is 4.22. The van der Waals surface area contributed by atoms with Gasteiger partial charge in [-0.3, -0.25) is 9.80 Å². The van der Waals surface area contributed by atoms with E-state index in [1.54, 1.807) is 0 Å². The first-order valence-corrected chi connectivity index (χ1v) is 7.92. The Labute approximate surface area is 113 Å². The minimum atomic E-state index is 0.710. The Bertz CT molecular complexity index is 230. The average molecular weight is 253 g/mol. The van der Waals surface area contributed by atoms with Crippen molar-refractivity contribution in [1.82, 2.24) is 15.1 Å². The Morgan fingerprint density at radius 1 is 1.06 bits per heavy atom. The molecule has 106 valence electrons. The van der Waals surface area contributed by atoms with Gasteiger partial charge in [0.1, 0.15) is 0 Å². The quantitative estimate of drug-likeness (QED) is 0.748. The molecule has 0 spiro atoms. The van der Waals surface area contributed by atoms with Crippen LogP contribution in [0.5, 0.6) is 0 Å². The van der Waals surface area contributed by atoms with Gasteiger partial charge in [0.25, 0.3) is 0 Å². The molecule has 0 amide bonds. The summed E-state index contributed by atoms with van der Waals surface area (Å²) in [6, 6.07) is 2.33. The topological polar surface area (TPSA) is 18.5 Å². The Morgan fingerprint density at radius 2 is 1.67 bits per heavy atom. The van der Waals surface area contributed by atoms with Crippen molar-refractivity contribution in [3.8, 4) is 0 Å². The van der Waals surface area contributed by atoms with E-state index in [-0.39, 0.29) is 0 Å². The van der Waals surface area contributed by atoms with Crippen molar-refractivity contribution >= 4 is 0 Å². The van der Waals surface area contributed by atoms with Crippen molar-refractivity contribution in [2.24, 2.45) is 0 Å². The first kappa shape index (κ1) is 14.3. The first-order chi connectivity index (χ1) is 8.70. The molecule has 18 heavy (non-hydrogen) atoms. The minimum absolute atomic E-state index is 0.710. The van der Waals surface area contributed by atoms with Crippen LogP contribution in [-0.4, -0.2) is 60.6 Å². The molecular formula is C15H31N3. The second kappa shape index (κ2) is 6.88. The van der Waals surface area contributed by atoms with Gasteiger partial charge in [-0.05, 0) is 33.1 Å². The lowest BCUT2D eigenvalue weighted by Crippen LogP contribution is -2.54. The molecule has 1 unspecified atom stereocenters. The zero-order valence-corrected chi connectivity index (χ0v) is 12.5. The molecular weight excluding hydrogens is 222 g/mol. The average Bonchev–Trinajstić information content (AvgIpc) is 3.18. The van der Waals surface area contributed by atoms with Crippen molar-refractivity contribution in [2.45, 2.75) is 64.6 Å². The summed E-state index contributed by atoms with van der Waals surface area (Å²) in [7, 11) is 0. The van der Waals surface area contributed by atoms with E-state index in [1.165, 1.54) is 58.4 Å². The van der Waals surface area contributed by atoms with Crippen LogP contribution < -0.4 is 5.32 Å². The summed E-state index contributed by atoms with van der Waals surface area (Å²) in [5.74, 6) is 0. The van der Waals surface area contributed by atoms with Gasteiger partial charge in [0.15, 0.2) is 0 Å². The van der Waals surface area contributed by atoms with Gasteiger partial charge in [0.2, 0.25) is 0 Å². The van der Waals surface area contributed by atoms with Gasteiger partial charge in [-0.15, -0.1) is 0 Å². The Morgan fingerprint density at radius 3 is 2.17 bits per heavy atom. The van der Waals surface area contributed by atoms with Crippen LogP contribution in [0.15, 0.2) is 0 Å². The minimum Gasteiger partial charge on any atom is -0.312 e. The van der Waals surface area contributed by atoms with E-state index in [1.807, 2.05) is 0 Å². The summed E-state index contributed by atoms with van der Waals surface area (Å²) in [5.41, 5.74) is 0. The third-order valence-electron chi connectivity index (χ3n) is 4.44. The van der Waals surface area contributed by atoms with E-state index in [2.05, 4.69) is 35.9 Å². The van der Waals surface area contributed by atoms with E-state index in [0.717, 1.165) is 12.1 Å². The van der Waals surface area contributed by atoms with Gasteiger partial charge in [-0.1, -0.05) is 13.3 Å². The van der Waals surface area contributed by atoms with Crippen molar-refractivity contribution in [2.75, 3.05) is 32.7 Å². The molecule has 0 radical (unpaired) electrons. The second-order valence-corrected chi connectivity index (χ2v) is 6.29. The second-order valence-electron chi connectivity index (χ2n) is 6.29. The first-order valence-electron chi connectivity index (χ1n) is 7.92. The summed E-state index contributed by atoms with van der Waals surface area (Å²) < 4.78 is 0. The molecule has 0 aromatic heterocycles. The summed E-state index contributed by atoms with van der Waals surface area (Å²) in [5, 5.41) is 3.72. The van der Waals surface area contributed by atoms with Gasteiger partial charge >= 0.3 is 0 Å². The molecule has 2 rings (SSSR count). The lowest BCUT2D eigenvalue weighted by Gasteiger charge is -2.41. The maximum atomic E-state index is 3.72. The van der Waals surface area contributed by atoms with Gasteiger partial charge < -0.3 is 5.32 Å². The number of hydrogen-bond acceptors (Lipinski definition) is 3. The highest BCUT2D eigenvalue weighted by molar-refractivity contribution is 4.86. The molecule has 1 atom stereocenters. The Balaban J connectivity index is 1.75. The molecule has 1 saturated carbocycles.